The van der Waals surface area contributed by atoms with E-state index in [0.29, 0.717) is 12.2 Å². The summed E-state index contributed by atoms with van der Waals surface area (Å²) in [7, 11) is 3.75. The van der Waals surface area contributed by atoms with Gasteiger partial charge in [0.2, 0.25) is 0 Å². The van der Waals surface area contributed by atoms with Crippen LogP contribution in [-0.2, 0) is 6.54 Å². The van der Waals surface area contributed by atoms with Crippen LogP contribution in [0, 0.1) is 19.7 Å². The molecule has 0 saturated carbocycles. The van der Waals surface area contributed by atoms with Crippen LogP contribution in [0.1, 0.15) is 16.7 Å². The van der Waals surface area contributed by atoms with E-state index in [-0.39, 0.29) is 5.82 Å². The summed E-state index contributed by atoms with van der Waals surface area (Å²) in [6, 6.07) is 11.6. The molecule has 0 radical (unpaired) electrons. The second kappa shape index (κ2) is 6.06. The second-order valence-corrected chi connectivity index (χ2v) is 5.17. The Morgan fingerprint density at radius 3 is 2.35 bits per heavy atom. The molecular weight excluding hydrogens is 251 g/mol. The first-order chi connectivity index (χ1) is 9.52. The van der Waals surface area contributed by atoms with Gasteiger partial charge in [0.15, 0.2) is 0 Å². The van der Waals surface area contributed by atoms with Crippen molar-refractivity contribution >= 4 is 11.4 Å². The van der Waals surface area contributed by atoms with Crippen LogP contribution in [0.4, 0.5) is 15.8 Å². The molecule has 1 N–H and O–H groups in total. The van der Waals surface area contributed by atoms with E-state index in [1.54, 1.807) is 6.07 Å². The summed E-state index contributed by atoms with van der Waals surface area (Å²) < 4.78 is 14.3. The molecule has 2 rings (SSSR count). The first kappa shape index (κ1) is 14.5. The van der Waals surface area contributed by atoms with Crippen molar-refractivity contribution in [1.82, 2.24) is 5.32 Å². The number of aryl methyl sites for hydroxylation is 2. The quantitative estimate of drug-likeness (QED) is 0.907. The first-order valence-electron chi connectivity index (χ1n) is 6.77. The number of hydrogen-bond donors (Lipinski definition) is 1. The monoisotopic (exact) mass is 272 g/mol. The fraction of sp³-hybridized carbons (Fsp3) is 0.294. The van der Waals surface area contributed by atoms with Crippen LogP contribution in [-0.4, -0.2) is 14.1 Å². The van der Waals surface area contributed by atoms with Crippen molar-refractivity contribution in [2.45, 2.75) is 20.4 Å². The van der Waals surface area contributed by atoms with Gasteiger partial charge in [-0.05, 0) is 50.2 Å². The van der Waals surface area contributed by atoms with Gasteiger partial charge in [0.1, 0.15) is 5.82 Å². The van der Waals surface area contributed by atoms with Gasteiger partial charge in [-0.1, -0.05) is 23.8 Å². The minimum Gasteiger partial charge on any atom is -0.342 e. The Labute approximate surface area is 120 Å². The van der Waals surface area contributed by atoms with E-state index in [1.165, 1.54) is 5.56 Å². The van der Waals surface area contributed by atoms with Crippen LogP contribution >= 0.6 is 0 Å². The summed E-state index contributed by atoms with van der Waals surface area (Å²) in [6.07, 6.45) is 0. The van der Waals surface area contributed by atoms with E-state index >= 15 is 0 Å². The predicted molar refractivity (Wildman–Crippen MR) is 83.1 cm³/mol. The van der Waals surface area contributed by atoms with Gasteiger partial charge in [-0.25, -0.2) is 4.39 Å². The molecule has 0 spiro atoms. The zero-order valence-electron chi connectivity index (χ0n) is 12.5. The van der Waals surface area contributed by atoms with Crippen molar-refractivity contribution in [2.24, 2.45) is 0 Å². The highest BCUT2D eigenvalue weighted by Crippen LogP contribution is 2.29. The Hall–Kier alpha value is -1.87. The highest BCUT2D eigenvalue weighted by atomic mass is 19.1. The molecule has 0 unspecified atom stereocenters. The summed E-state index contributed by atoms with van der Waals surface area (Å²) in [6.45, 7) is 4.78. The highest BCUT2D eigenvalue weighted by molar-refractivity contribution is 5.66. The highest BCUT2D eigenvalue weighted by Gasteiger charge is 2.12. The van der Waals surface area contributed by atoms with Crippen molar-refractivity contribution in [3.8, 4) is 0 Å². The lowest BCUT2D eigenvalue weighted by Gasteiger charge is -2.23. The normalized spacial score (nSPS) is 10.7. The summed E-state index contributed by atoms with van der Waals surface area (Å²) in [5.41, 5.74) is 4.92. The Balaban J connectivity index is 2.35. The minimum atomic E-state index is -0.194. The van der Waals surface area contributed by atoms with Crippen LogP contribution in [0.15, 0.2) is 36.4 Å². The number of halogens is 1. The van der Waals surface area contributed by atoms with Crippen LogP contribution in [0.3, 0.4) is 0 Å². The molecule has 2 nitrogen and oxygen atoms in total. The molecule has 0 amide bonds. The summed E-state index contributed by atoms with van der Waals surface area (Å²) in [5, 5.41) is 3.03. The number of nitrogens with one attached hydrogen (secondary N) is 1. The van der Waals surface area contributed by atoms with E-state index in [4.69, 9.17) is 0 Å². The molecule has 0 aliphatic rings. The lowest BCUT2D eigenvalue weighted by Crippen LogP contribution is -2.13. The van der Waals surface area contributed by atoms with Gasteiger partial charge in [0.05, 0.1) is 5.69 Å². The fourth-order valence-electron chi connectivity index (χ4n) is 2.45. The maximum Gasteiger partial charge on any atom is 0.147 e. The van der Waals surface area contributed by atoms with Crippen molar-refractivity contribution in [3.63, 3.8) is 0 Å². The van der Waals surface area contributed by atoms with Crippen LogP contribution in [0.5, 0.6) is 0 Å². The molecule has 0 aliphatic carbocycles. The lowest BCUT2D eigenvalue weighted by atomic mass is 10.1. The van der Waals surface area contributed by atoms with E-state index < -0.39 is 0 Å². The number of nitrogens with zero attached hydrogens (tertiary/aromatic N) is 1. The number of anilines is 2. The smallest absolute Gasteiger partial charge is 0.147 e. The van der Waals surface area contributed by atoms with Gasteiger partial charge in [-0.2, -0.15) is 0 Å². The molecule has 0 aliphatic heterocycles. The second-order valence-electron chi connectivity index (χ2n) is 5.17. The van der Waals surface area contributed by atoms with Gasteiger partial charge >= 0.3 is 0 Å². The molecule has 0 bridgehead atoms. The van der Waals surface area contributed by atoms with E-state index in [9.17, 15) is 4.39 Å². The lowest BCUT2D eigenvalue weighted by molar-refractivity contribution is 0.623. The third-order valence-corrected chi connectivity index (χ3v) is 3.47. The molecule has 0 fully saturated rings. The summed E-state index contributed by atoms with van der Waals surface area (Å²) in [5.74, 6) is -0.194. The first-order valence-corrected chi connectivity index (χ1v) is 6.77. The number of hydrogen-bond acceptors (Lipinski definition) is 2. The van der Waals surface area contributed by atoms with Crippen LogP contribution < -0.4 is 10.2 Å². The molecule has 0 aromatic heterocycles. The molecule has 2 aromatic rings. The third-order valence-electron chi connectivity index (χ3n) is 3.47. The van der Waals surface area contributed by atoms with Crippen molar-refractivity contribution < 1.29 is 4.39 Å². The van der Waals surface area contributed by atoms with Gasteiger partial charge < -0.3 is 10.2 Å². The van der Waals surface area contributed by atoms with E-state index in [2.05, 4.69) is 18.3 Å². The Kier molecular flexibility index (Phi) is 4.40. The van der Waals surface area contributed by atoms with Gasteiger partial charge in [0, 0.05) is 19.3 Å². The van der Waals surface area contributed by atoms with Gasteiger partial charge in [0.25, 0.3) is 0 Å². The Morgan fingerprint density at radius 1 is 1.05 bits per heavy atom. The zero-order chi connectivity index (χ0) is 14.7. The van der Waals surface area contributed by atoms with Gasteiger partial charge in [-0.15, -0.1) is 0 Å². The summed E-state index contributed by atoms with van der Waals surface area (Å²) >= 11 is 0. The van der Waals surface area contributed by atoms with E-state index in [1.807, 2.05) is 50.2 Å². The molecular formula is C17H21FN2. The van der Waals surface area contributed by atoms with Gasteiger partial charge in [-0.3, -0.25) is 0 Å². The third kappa shape index (κ3) is 2.99. The molecule has 0 atom stereocenters. The Bertz CT molecular complexity index is 608. The maximum absolute atomic E-state index is 14.3. The number of rotatable bonds is 4. The molecule has 2 aromatic carbocycles. The van der Waals surface area contributed by atoms with Crippen molar-refractivity contribution in [2.75, 3.05) is 19.0 Å². The largest absolute Gasteiger partial charge is 0.342 e. The summed E-state index contributed by atoms with van der Waals surface area (Å²) in [4.78, 5) is 1.90. The minimum absolute atomic E-state index is 0.194. The SMILES string of the molecule is CNCc1ccc(N(C)c2ccc(C)cc2C)c(F)c1. The average molecular weight is 272 g/mol. The standard InChI is InChI=1S/C17H21FN2/c1-12-5-7-16(13(2)9-12)20(4)17-8-6-14(11-19-3)10-15(17)18/h5-10,19H,11H2,1-4H3. The maximum atomic E-state index is 14.3. The number of benzene rings is 2. The van der Waals surface area contributed by atoms with Crippen LogP contribution in [0.25, 0.3) is 0 Å². The Morgan fingerprint density at radius 2 is 1.75 bits per heavy atom. The van der Waals surface area contributed by atoms with E-state index in [0.717, 1.165) is 16.8 Å². The molecule has 0 saturated heterocycles. The average Bonchev–Trinajstić information content (AvgIpc) is 2.38. The molecule has 0 heterocycles. The fourth-order valence-corrected chi connectivity index (χ4v) is 2.45. The predicted octanol–water partition coefficient (Wildman–Crippen LogP) is 3.93. The van der Waals surface area contributed by atoms with Crippen molar-refractivity contribution in [3.05, 3.63) is 58.9 Å². The van der Waals surface area contributed by atoms with Crippen molar-refractivity contribution in [1.29, 1.82) is 0 Å². The molecule has 20 heavy (non-hydrogen) atoms. The zero-order valence-corrected chi connectivity index (χ0v) is 12.5. The molecule has 3 heteroatoms. The topological polar surface area (TPSA) is 15.3 Å². The molecule has 106 valence electrons. The van der Waals surface area contributed by atoms with Crippen LogP contribution in [0.2, 0.25) is 0 Å².